The second kappa shape index (κ2) is 19.7. The van der Waals surface area contributed by atoms with Crippen LogP contribution in [0.25, 0.3) is 20.2 Å². The lowest BCUT2D eigenvalue weighted by Crippen LogP contribution is -2.28. The van der Waals surface area contributed by atoms with Crippen molar-refractivity contribution in [3.63, 3.8) is 0 Å². The minimum Gasteiger partial charge on any atom is -0.469 e. The number of esters is 2. The Kier molecular flexibility index (Phi) is 14.5. The molecule has 1 atom stereocenters. The Morgan fingerprint density at radius 1 is 1.05 bits per heavy atom. The number of anilines is 3. The summed E-state index contributed by atoms with van der Waals surface area (Å²) in [5, 5.41) is 24.4. The number of thiazole rings is 1. The van der Waals surface area contributed by atoms with Crippen molar-refractivity contribution in [2.45, 2.75) is 67.0 Å². The summed E-state index contributed by atoms with van der Waals surface area (Å²) >= 11 is 1.42. The molecule has 0 radical (unpaired) electrons. The number of carbonyl (C=O) groups is 2. The van der Waals surface area contributed by atoms with Gasteiger partial charge in [0.25, 0.3) is 5.69 Å². The molecule has 5 rings (SSSR count). The first-order chi connectivity index (χ1) is 27.4. The second-order valence-electron chi connectivity index (χ2n) is 13.3. The molecule has 2 aromatic carbocycles. The zero-order valence-corrected chi connectivity index (χ0v) is 34.0. The Morgan fingerprint density at radius 2 is 1.81 bits per heavy atom. The van der Waals surface area contributed by atoms with Gasteiger partial charge in [-0.05, 0) is 63.4 Å². The maximum Gasteiger partial charge on any atom is 0.333 e. The summed E-state index contributed by atoms with van der Waals surface area (Å²) in [7, 11) is 1.38. The lowest BCUT2D eigenvalue weighted by molar-refractivity contribution is -0.141. The Morgan fingerprint density at radius 3 is 2.51 bits per heavy atom. The van der Waals surface area contributed by atoms with Crippen LogP contribution < -0.4 is 16.0 Å². The molecule has 0 saturated carbocycles. The van der Waals surface area contributed by atoms with Gasteiger partial charge in [-0.15, -0.1) is 10.2 Å². The van der Waals surface area contributed by atoms with Crippen LogP contribution in [0.2, 0.25) is 0 Å². The zero-order chi connectivity index (χ0) is 41.1. The van der Waals surface area contributed by atoms with E-state index in [2.05, 4.69) is 54.8 Å². The topological polar surface area (TPSA) is 183 Å². The largest absolute Gasteiger partial charge is 0.469 e. The molecular weight excluding hydrogens is 747 g/mol. The number of hydrogen-bond donors (Lipinski definition) is 3. The molecule has 1 unspecified atom stereocenters. The van der Waals surface area contributed by atoms with E-state index in [-0.39, 0.29) is 49.8 Å². The van der Waals surface area contributed by atoms with Gasteiger partial charge in [0.2, 0.25) is 10.9 Å². The summed E-state index contributed by atoms with van der Waals surface area (Å²) in [5.74, 6) is 0.778. The minimum atomic E-state index is -0.465. The molecule has 0 saturated heterocycles. The van der Waals surface area contributed by atoms with E-state index in [4.69, 9.17) is 35.7 Å². The quantitative estimate of drug-likeness (QED) is 0.0241. The average molecular weight is 794 g/mol. The first-order valence-electron chi connectivity index (χ1n) is 18.4. The fraction of sp³-hybridized carbons (Fsp3) is 0.375. The molecule has 0 aliphatic rings. The fourth-order valence-electron chi connectivity index (χ4n) is 5.68. The maximum atomic E-state index is 11.7. The van der Waals surface area contributed by atoms with Crippen molar-refractivity contribution in [3.8, 4) is 5.13 Å². The van der Waals surface area contributed by atoms with E-state index in [9.17, 15) is 9.59 Å². The highest BCUT2D eigenvalue weighted by Gasteiger charge is 2.19. The number of rotatable bonds is 19. The smallest absolute Gasteiger partial charge is 0.333 e. The van der Waals surface area contributed by atoms with Gasteiger partial charge in [-0.3, -0.25) is 4.79 Å². The number of aromatic nitrogens is 5. The first kappa shape index (κ1) is 42.1. The Labute approximate surface area is 335 Å². The third kappa shape index (κ3) is 11.3. The number of methoxy groups -OCH3 is 1. The second-order valence-corrected chi connectivity index (χ2v) is 14.4. The SMILES string of the molecule is [C-]#[N+]c1cn(-c2nc3ccc(CNC(C)CC(=O)OC)cc3s2)nc1N=Nc1c(NCCOCCOC(=O)C(=C)C)nc(CC)nc1Nc1c(C)cc(C)cc1C. The van der Waals surface area contributed by atoms with Crippen LogP contribution in [0.15, 0.2) is 58.9 Å². The van der Waals surface area contributed by atoms with Gasteiger partial charge in [0.1, 0.15) is 12.4 Å². The molecule has 298 valence electrons. The summed E-state index contributed by atoms with van der Waals surface area (Å²) in [6, 6.07) is 10.1. The highest BCUT2D eigenvalue weighted by atomic mass is 32.1. The minimum absolute atomic E-state index is 0.0509. The predicted molar refractivity (Wildman–Crippen MR) is 221 cm³/mol. The van der Waals surface area contributed by atoms with Crippen LogP contribution in [0.5, 0.6) is 0 Å². The van der Waals surface area contributed by atoms with E-state index in [1.165, 1.54) is 23.1 Å². The van der Waals surface area contributed by atoms with Crippen molar-refractivity contribution in [2.24, 2.45) is 10.2 Å². The summed E-state index contributed by atoms with van der Waals surface area (Å²) in [4.78, 5) is 41.3. The van der Waals surface area contributed by atoms with Crippen molar-refractivity contribution >= 4 is 68.0 Å². The van der Waals surface area contributed by atoms with E-state index in [0.29, 0.717) is 53.4 Å². The highest BCUT2D eigenvalue weighted by Crippen LogP contribution is 2.38. The van der Waals surface area contributed by atoms with E-state index < -0.39 is 5.97 Å². The molecule has 17 heteroatoms. The molecule has 0 aliphatic heterocycles. The first-order valence-corrected chi connectivity index (χ1v) is 19.2. The molecule has 3 N–H and O–H groups in total. The van der Waals surface area contributed by atoms with Gasteiger partial charge in [0.05, 0.1) is 43.5 Å². The van der Waals surface area contributed by atoms with Gasteiger partial charge in [0, 0.05) is 43.0 Å². The van der Waals surface area contributed by atoms with Crippen LogP contribution >= 0.6 is 11.3 Å². The van der Waals surface area contributed by atoms with Gasteiger partial charge in [-0.1, -0.05) is 48.6 Å². The van der Waals surface area contributed by atoms with Crippen molar-refractivity contribution < 1.29 is 23.8 Å². The normalized spacial score (nSPS) is 11.8. The van der Waals surface area contributed by atoms with Crippen molar-refractivity contribution in [1.82, 2.24) is 30.0 Å². The highest BCUT2D eigenvalue weighted by molar-refractivity contribution is 7.20. The summed E-state index contributed by atoms with van der Waals surface area (Å²) in [6.07, 6.45) is 2.41. The van der Waals surface area contributed by atoms with E-state index in [0.717, 1.165) is 38.2 Å². The molecule has 3 aromatic heterocycles. The lowest BCUT2D eigenvalue weighted by Gasteiger charge is -2.17. The molecule has 0 fully saturated rings. The number of azo groups is 1. The number of hydrogen-bond acceptors (Lipinski definition) is 15. The number of benzene rings is 2. The number of fused-ring (bicyclic) bond motifs is 1. The number of carbonyl (C=O) groups excluding carboxylic acids is 2. The van der Waals surface area contributed by atoms with Crippen molar-refractivity contribution in [1.29, 1.82) is 0 Å². The molecular formula is C40H47N11O5S. The third-order valence-corrected chi connectivity index (χ3v) is 9.56. The van der Waals surface area contributed by atoms with E-state index in [1.54, 1.807) is 13.1 Å². The molecule has 0 amide bonds. The number of nitrogens with one attached hydrogen (secondary N) is 3. The summed E-state index contributed by atoms with van der Waals surface area (Å²) < 4.78 is 18.0. The van der Waals surface area contributed by atoms with Crippen LogP contribution in [0.1, 0.15) is 55.3 Å². The molecule has 3 heterocycles. The lowest BCUT2D eigenvalue weighted by atomic mass is 10.1. The van der Waals surface area contributed by atoms with Crippen LogP contribution in [-0.2, 0) is 36.8 Å². The van der Waals surface area contributed by atoms with Crippen molar-refractivity contribution in [3.05, 3.63) is 88.2 Å². The molecule has 0 spiro atoms. The maximum absolute atomic E-state index is 11.7. The summed E-state index contributed by atoms with van der Waals surface area (Å²) in [6.45, 7) is 24.6. The monoisotopic (exact) mass is 793 g/mol. The van der Waals surface area contributed by atoms with Gasteiger partial charge in [-0.2, -0.15) is 5.10 Å². The molecule has 16 nitrogen and oxygen atoms in total. The molecule has 57 heavy (non-hydrogen) atoms. The van der Waals surface area contributed by atoms with Gasteiger partial charge in [0.15, 0.2) is 17.3 Å². The molecule has 5 aromatic rings. The third-order valence-electron chi connectivity index (χ3n) is 8.55. The van der Waals surface area contributed by atoms with Crippen molar-refractivity contribution in [2.75, 3.05) is 44.1 Å². The van der Waals surface area contributed by atoms with Gasteiger partial charge >= 0.3 is 11.9 Å². The van der Waals surface area contributed by atoms with E-state index in [1.807, 2.05) is 52.8 Å². The zero-order valence-electron chi connectivity index (χ0n) is 33.2. The Bertz CT molecular complexity index is 2310. The van der Waals surface area contributed by atoms with Crippen LogP contribution in [0, 0.1) is 27.3 Å². The Balaban J connectivity index is 1.41. The van der Waals surface area contributed by atoms with Gasteiger partial charge < -0.3 is 30.2 Å². The number of aryl methyl sites for hydroxylation is 4. The van der Waals surface area contributed by atoms with Crippen LogP contribution in [0.3, 0.4) is 0 Å². The Hall–Kier alpha value is -6.09. The van der Waals surface area contributed by atoms with Crippen LogP contribution in [-0.4, -0.2) is 76.2 Å². The fourth-order valence-corrected chi connectivity index (χ4v) is 6.64. The standard InChI is InChI=1S/C40H47N11O5S/c1-10-32-45-37(42-13-14-55-15-16-56-39(53)23(2)3)35(38(46-32)47-34-25(5)17-24(4)18-26(34)6)48-49-36-30(41-8)22-51(50-36)40-44-29-12-11-28(20-31(29)57-40)21-43-27(7)19-33(52)54-9/h11-12,17-18,20,22,27,43H,2,10,13-16,19,21H2,1,3-7,9H3,(H2,42,45,46,47). The van der Waals surface area contributed by atoms with Crippen LogP contribution in [0.4, 0.5) is 34.5 Å². The molecule has 0 bridgehead atoms. The number of nitrogens with zero attached hydrogens (tertiary/aromatic N) is 8. The van der Waals surface area contributed by atoms with E-state index >= 15 is 0 Å². The number of ether oxygens (including phenoxy) is 3. The van der Waals surface area contributed by atoms with Gasteiger partial charge in [-0.25, -0.2) is 29.3 Å². The summed E-state index contributed by atoms with van der Waals surface area (Å²) in [5.41, 5.74) is 6.72. The predicted octanol–water partition coefficient (Wildman–Crippen LogP) is 8.06. The average Bonchev–Trinajstić information content (AvgIpc) is 3.81. The molecule has 0 aliphatic carbocycles.